The van der Waals surface area contributed by atoms with Crippen molar-refractivity contribution in [1.82, 2.24) is 20.1 Å². The van der Waals surface area contributed by atoms with E-state index >= 15 is 0 Å². The van der Waals surface area contributed by atoms with Crippen molar-refractivity contribution in [3.8, 4) is 5.75 Å². The fourth-order valence-corrected chi connectivity index (χ4v) is 3.70. The van der Waals surface area contributed by atoms with Gasteiger partial charge in [-0.1, -0.05) is 0 Å². The lowest BCUT2D eigenvalue weighted by Crippen LogP contribution is -2.54. The SMILES string of the molecule is Cc1c(N2CCC(Oc3cnn(C)c3)C(F)(F)C2)nc2c(c1C)C(=O)NC2. The largest absolute Gasteiger partial charge is 0.481 e. The van der Waals surface area contributed by atoms with E-state index in [1.165, 1.54) is 10.9 Å². The van der Waals surface area contributed by atoms with Gasteiger partial charge in [0.05, 0.1) is 36.7 Å². The first-order valence-electron chi connectivity index (χ1n) is 8.82. The molecule has 4 heterocycles. The summed E-state index contributed by atoms with van der Waals surface area (Å²) < 4.78 is 36.5. The molecule has 7 nitrogen and oxygen atoms in total. The average molecular weight is 377 g/mol. The zero-order valence-electron chi connectivity index (χ0n) is 15.4. The van der Waals surface area contributed by atoms with Crippen LogP contribution < -0.4 is 15.0 Å². The van der Waals surface area contributed by atoms with E-state index < -0.39 is 18.6 Å². The van der Waals surface area contributed by atoms with E-state index in [1.54, 1.807) is 18.1 Å². The number of carbonyl (C=O) groups excluding carboxylic acids is 1. The van der Waals surface area contributed by atoms with Crippen LogP contribution in [0, 0.1) is 13.8 Å². The molecule has 0 radical (unpaired) electrons. The van der Waals surface area contributed by atoms with E-state index in [9.17, 15) is 13.6 Å². The lowest BCUT2D eigenvalue weighted by Gasteiger charge is -2.39. The summed E-state index contributed by atoms with van der Waals surface area (Å²) in [6.45, 7) is 3.90. The second-order valence-corrected chi connectivity index (χ2v) is 7.12. The molecule has 1 unspecified atom stereocenters. The van der Waals surface area contributed by atoms with Crippen LogP contribution >= 0.6 is 0 Å². The average Bonchev–Trinajstić information content (AvgIpc) is 3.18. The Kier molecular flexibility index (Phi) is 4.05. The second kappa shape index (κ2) is 6.17. The second-order valence-electron chi connectivity index (χ2n) is 7.12. The van der Waals surface area contributed by atoms with Gasteiger partial charge in [-0.3, -0.25) is 9.48 Å². The number of hydrogen-bond donors (Lipinski definition) is 1. The van der Waals surface area contributed by atoms with E-state index in [1.807, 2.05) is 13.8 Å². The van der Waals surface area contributed by atoms with Crippen molar-refractivity contribution in [2.75, 3.05) is 18.0 Å². The molecular weight excluding hydrogens is 356 g/mol. The minimum Gasteiger partial charge on any atom is -0.481 e. The Bertz CT molecular complexity index is 911. The number of piperidine rings is 1. The summed E-state index contributed by atoms with van der Waals surface area (Å²) in [4.78, 5) is 18.1. The van der Waals surface area contributed by atoms with Crippen molar-refractivity contribution in [3.63, 3.8) is 0 Å². The number of nitrogens with one attached hydrogen (secondary N) is 1. The Hall–Kier alpha value is -2.71. The van der Waals surface area contributed by atoms with Gasteiger partial charge in [0.1, 0.15) is 5.82 Å². The van der Waals surface area contributed by atoms with Gasteiger partial charge in [-0.05, 0) is 25.0 Å². The number of pyridine rings is 1. The van der Waals surface area contributed by atoms with Gasteiger partial charge in [0, 0.05) is 20.0 Å². The van der Waals surface area contributed by atoms with Gasteiger partial charge in [0.15, 0.2) is 11.9 Å². The van der Waals surface area contributed by atoms with Crippen LogP contribution in [0.25, 0.3) is 0 Å². The number of fused-ring (bicyclic) bond motifs is 1. The van der Waals surface area contributed by atoms with E-state index in [4.69, 9.17) is 4.74 Å². The fraction of sp³-hybridized carbons (Fsp3) is 0.500. The van der Waals surface area contributed by atoms with Crippen molar-refractivity contribution in [2.45, 2.75) is 38.8 Å². The standard InChI is InChI=1S/C18H21F2N5O2/c1-10-11(2)16(23-13-7-21-17(26)15(10)13)25-5-4-14(18(19,20)9-25)27-12-6-22-24(3)8-12/h6,8,14H,4-5,7,9H2,1-3H3,(H,21,26). The zero-order valence-corrected chi connectivity index (χ0v) is 15.4. The van der Waals surface area contributed by atoms with Crippen LogP contribution in [0.15, 0.2) is 12.4 Å². The molecule has 2 aliphatic heterocycles. The maximum Gasteiger partial charge on any atom is 0.301 e. The fourth-order valence-electron chi connectivity index (χ4n) is 3.70. The number of carbonyl (C=O) groups is 1. The van der Waals surface area contributed by atoms with Crippen LogP contribution in [0.5, 0.6) is 5.75 Å². The lowest BCUT2D eigenvalue weighted by atomic mass is 10.00. The van der Waals surface area contributed by atoms with E-state index in [-0.39, 0.29) is 12.3 Å². The maximum absolute atomic E-state index is 14.8. The molecule has 1 saturated heterocycles. The smallest absolute Gasteiger partial charge is 0.301 e. The number of amides is 1. The molecule has 27 heavy (non-hydrogen) atoms. The summed E-state index contributed by atoms with van der Waals surface area (Å²) in [5.74, 6) is -2.34. The number of hydrogen-bond acceptors (Lipinski definition) is 5. The van der Waals surface area contributed by atoms with Gasteiger partial charge in [-0.15, -0.1) is 0 Å². The Balaban J connectivity index is 1.57. The van der Waals surface area contributed by atoms with Crippen LogP contribution in [0.2, 0.25) is 0 Å². The van der Waals surface area contributed by atoms with Crippen LogP contribution in [0.4, 0.5) is 14.6 Å². The lowest BCUT2D eigenvalue weighted by molar-refractivity contribution is -0.101. The molecule has 1 fully saturated rings. The van der Waals surface area contributed by atoms with E-state index in [2.05, 4.69) is 15.4 Å². The minimum absolute atomic E-state index is 0.154. The van der Waals surface area contributed by atoms with Crippen LogP contribution in [0.3, 0.4) is 0 Å². The summed E-state index contributed by atoms with van der Waals surface area (Å²) in [6.07, 6.45) is 1.96. The molecule has 0 bridgehead atoms. The Morgan fingerprint density at radius 1 is 1.33 bits per heavy atom. The molecule has 2 aromatic rings. The Labute approximate surface area is 155 Å². The molecule has 2 aromatic heterocycles. The highest BCUT2D eigenvalue weighted by Gasteiger charge is 2.47. The molecule has 1 N–H and O–H groups in total. The van der Waals surface area contributed by atoms with Gasteiger partial charge in [-0.2, -0.15) is 5.10 Å². The van der Waals surface area contributed by atoms with Gasteiger partial charge in [-0.25, -0.2) is 13.8 Å². The van der Waals surface area contributed by atoms with Crippen molar-refractivity contribution >= 4 is 11.7 Å². The Morgan fingerprint density at radius 3 is 2.78 bits per heavy atom. The number of rotatable bonds is 3. The molecule has 0 aliphatic carbocycles. The Morgan fingerprint density at radius 2 is 2.11 bits per heavy atom. The molecule has 0 saturated carbocycles. The van der Waals surface area contributed by atoms with Crippen molar-refractivity contribution in [2.24, 2.45) is 7.05 Å². The minimum atomic E-state index is -3.04. The number of aryl methyl sites for hydroxylation is 1. The van der Waals surface area contributed by atoms with E-state index in [0.717, 1.165) is 11.1 Å². The van der Waals surface area contributed by atoms with Crippen molar-refractivity contribution in [1.29, 1.82) is 0 Å². The predicted molar refractivity (Wildman–Crippen MR) is 94.3 cm³/mol. The first kappa shape index (κ1) is 17.7. The molecule has 1 amide bonds. The summed E-state index contributed by atoms with van der Waals surface area (Å²) in [6, 6.07) is 0. The summed E-state index contributed by atoms with van der Waals surface area (Å²) in [5.41, 5.74) is 2.74. The molecule has 0 aromatic carbocycles. The molecular formula is C18H21F2N5O2. The summed E-state index contributed by atoms with van der Waals surface area (Å²) in [7, 11) is 1.71. The number of anilines is 1. The normalized spacial score (nSPS) is 21.1. The first-order valence-corrected chi connectivity index (χ1v) is 8.82. The summed E-state index contributed by atoms with van der Waals surface area (Å²) >= 11 is 0. The molecule has 2 aliphatic rings. The third kappa shape index (κ3) is 3.00. The number of ether oxygens (including phenoxy) is 1. The van der Waals surface area contributed by atoms with Crippen molar-refractivity contribution < 1.29 is 18.3 Å². The number of aromatic nitrogens is 3. The monoisotopic (exact) mass is 377 g/mol. The predicted octanol–water partition coefficient (Wildman–Crippen LogP) is 1.97. The molecule has 0 spiro atoms. The van der Waals surface area contributed by atoms with Crippen LogP contribution in [0.1, 0.15) is 33.6 Å². The van der Waals surface area contributed by atoms with Crippen LogP contribution in [-0.2, 0) is 13.6 Å². The van der Waals surface area contributed by atoms with Crippen LogP contribution in [-0.4, -0.2) is 45.8 Å². The molecule has 144 valence electrons. The highest BCUT2D eigenvalue weighted by molar-refractivity contribution is 5.99. The van der Waals surface area contributed by atoms with Gasteiger partial charge in [0.2, 0.25) is 0 Å². The van der Waals surface area contributed by atoms with Crippen molar-refractivity contribution in [3.05, 3.63) is 34.8 Å². The maximum atomic E-state index is 14.8. The van der Waals surface area contributed by atoms with Gasteiger partial charge < -0.3 is 15.0 Å². The topological polar surface area (TPSA) is 72.3 Å². The third-order valence-electron chi connectivity index (χ3n) is 5.24. The summed E-state index contributed by atoms with van der Waals surface area (Å²) in [5, 5.41) is 6.69. The molecule has 4 rings (SSSR count). The number of alkyl halides is 2. The van der Waals surface area contributed by atoms with Gasteiger partial charge in [0.25, 0.3) is 5.91 Å². The highest BCUT2D eigenvalue weighted by atomic mass is 19.3. The number of nitrogens with zero attached hydrogens (tertiary/aromatic N) is 4. The first-order chi connectivity index (χ1) is 12.8. The highest BCUT2D eigenvalue weighted by Crippen LogP contribution is 2.35. The quantitative estimate of drug-likeness (QED) is 0.886. The van der Waals surface area contributed by atoms with Gasteiger partial charge >= 0.3 is 5.92 Å². The number of halogens is 2. The third-order valence-corrected chi connectivity index (χ3v) is 5.24. The molecule has 1 atom stereocenters. The zero-order chi connectivity index (χ0) is 19.3. The van der Waals surface area contributed by atoms with E-state index in [0.29, 0.717) is 35.9 Å². The molecule has 9 heteroatoms.